The third-order valence-corrected chi connectivity index (χ3v) is 2.38. The van der Waals surface area contributed by atoms with E-state index in [0.717, 1.165) is 24.4 Å². The van der Waals surface area contributed by atoms with E-state index < -0.39 is 0 Å². The Labute approximate surface area is 98.5 Å². The fraction of sp³-hybridized carbons (Fsp3) is 0.429. The molecule has 2 heteroatoms. The zero-order valence-corrected chi connectivity index (χ0v) is 10.7. The third-order valence-electron chi connectivity index (χ3n) is 2.38. The molecule has 0 aliphatic carbocycles. The van der Waals surface area contributed by atoms with Crippen LogP contribution in [0.4, 0.5) is 5.69 Å². The van der Waals surface area contributed by atoms with Crippen LogP contribution in [-0.4, -0.2) is 14.1 Å². The minimum absolute atomic E-state index is 0.909. The number of nitrogens with zero attached hydrogens (tertiary/aromatic N) is 1. The summed E-state index contributed by atoms with van der Waals surface area (Å²) in [6, 6.07) is 8.14. The van der Waals surface area contributed by atoms with Crippen LogP contribution in [0.2, 0.25) is 0 Å². The van der Waals surface area contributed by atoms with Gasteiger partial charge in [-0.2, -0.15) is 0 Å². The molecule has 88 valence electrons. The van der Waals surface area contributed by atoms with Gasteiger partial charge in [-0.05, 0) is 36.8 Å². The second kappa shape index (κ2) is 6.21. The van der Waals surface area contributed by atoms with Crippen LogP contribution in [0.15, 0.2) is 36.1 Å². The van der Waals surface area contributed by atoms with E-state index >= 15 is 0 Å². The standard InChI is InChI=1S/C14H21NO/c1-5-7-13(6-2)16-14-10-8-12(9-11-14)15(3)4/h7-11H,5-6H2,1-4H3/b13-7+. The summed E-state index contributed by atoms with van der Waals surface area (Å²) in [6.45, 7) is 4.23. The highest BCUT2D eigenvalue weighted by Crippen LogP contribution is 2.20. The van der Waals surface area contributed by atoms with Gasteiger partial charge >= 0.3 is 0 Å². The van der Waals surface area contributed by atoms with Gasteiger partial charge in [0.2, 0.25) is 0 Å². The Morgan fingerprint density at radius 3 is 2.25 bits per heavy atom. The predicted molar refractivity (Wildman–Crippen MR) is 70.1 cm³/mol. The summed E-state index contributed by atoms with van der Waals surface area (Å²) in [5.41, 5.74) is 1.19. The number of anilines is 1. The molecule has 1 aromatic rings. The number of allylic oxidation sites excluding steroid dienone is 2. The summed E-state index contributed by atoms with van der Waals surface area (Å²) in [5.74, 6) is 1.95. The zero-order valence-electron chi connectivity index (χ0n) is 10.7. The first kappa shape index (κ1) is 12.6. The molecule has 0 aliphatic rings. The van der Waals surface area contributed by atoms with Crippen molar-refractivity contribution in [2.24, 2.45) is 0 Å². The third kappa shape index (κ3) is 3.61. The van der Waals surface area contributed by atoms with E-state index in [9.17, 15) is 0 Å². The summed E-state index contributed by atoms with van der Waals surface area (Å²) >= 11 is 0. The molecule has 0 fully saturated rings. The molecule has 1 rings (SSSR count). The number of hydrogen-bond donors (Lipinski definition) is 0. The molecule has 0 N–H and O–H groups in total. The first-order chi connectivity index (χ1) is 7.67. The van der Waals surface area contributed by atoms with Crippen molar-refractivity contribution in [2.45, 2.75) is 26.7 Å². The van der Waals surface area contributed by atoms with Crippen LogP contribution in [0.25, 0.3) is 0 Å². The Hall–Kier alpha value is -1.44. The van der Waals surface area contributed by atoms with Gasteiger partial charge in [0.15, 0.2) is 0 Å². The van der Waals surface area contributed by atoms with Crippen LogP contribution in [0.3, 0.4) is 0 Å². The summed E-state index contributed by atoms with van der Waals surface area (Å²) in [6.07, 6.45) is 4.07. The Morgan fingerprint density at radius 1 is 1.19 bits per heavy atom. The molecule has 0 radical (unpaired) electrons. The number of benzene rings is 1. The summed E-state index contributed by atoms with van der Waals surface area (Å²) in [5, 5.41) is 0. The van der Waals surface area contributed by atoms with Gasteiger partial charge in [-0.3, -0.25) is 0 Å². The molecule has 0 atom stereocenters. The minimum Gasteiger partial charge on any atom is -0.462 e. The fourth-order valence-electron chi connectivity index (χ4n) is 1.45. The molecule has 0 spiro atoms. The number of ether oxygens (including phenoxy) is 1. The lowest BCUT2D eigenvalue weighted by Gasteiger charge is -2.13. The second-order valence-electron chi connectivity index (χ2n) is 3.92. The normalized spacial score (nSPS) is 11.4. The van der Waals surface area contributed by atoms with E-state index in [2.05, 4.69) is 37.0 Å². The highest BCUT2D eigenvalue weighted by atomic mass is 16.5. The molecule has 0 unspecified atom stereocenters. The molecule has 1 aromatic carbocycles. The van der Waals surface area contributed by atoms with Gasteiger partial charge in [-0.1, -0.05) is 13.8 Å². The Morgan fingerprint density at radius 2 is 1.81 bits per heavy atom. The summed E-state index contributed by atoms with van der Waals surface area (Å²) < 4.78 is 5.78. The predicted octanol–water partition coefficient (Wildman–Crippen LogP) is 3.84. The molecule has 2 nitrogen and oxygen atoms in total. The lowest BCUT2D eigenvalue weighted by molar-refractivity contribution is 0.407. The monoisotopic (exact) mass is 219 g/mol. The lowest BCUT2D eigenvalue weighted by Crippen LogP contribution is -2.08. The highest BCUT2D eigenvalue weighted by Gasteiger charge is 1.99. The second-order valence-corrected chi connectivity index (χ2v) is 3.92. The molecular weight excluding hydrogens is 198 g/mol. The van der Waals surface area contributed by atoms with E-state index in [4.69, 9.17) is 4.74 Å². The average molecular weight is 219 g/mol. The van der Waals surface area contributed by atoms with Crippen LogP contribution in [0.1, 0.15) is 26.7 Å². The lowest BCUT2D eigenvalue weighted by atomic mass is 10.3. The van der Waals surface area contributed by atoms with E-state index in [0.29, 0.717) is 0 Å². The average Bonchev–Trinajstić information content (AvgIpc) is 2.29. The Bertz CT molecular complexity index is 338. The van der Waals surface area contributed by atoms with Gasteiger partial charge in [0.05, 0.1) is 5.76 Å². The molecule has 0 heterocycles. The summed E-state index contributed by atoms with van der Waals surface area (Å²) in [4.78, 5) is 2.08. The molecule has 0 aromatic heterocycles. The zero-order chi connectivity index (χ0) is 12.0. The Kier molecular flexibility index (Phi) is 4.90. The number of rotatable bonds is 5. The van der Waals surface area contributed by atoms with Gasteiger partial charge < -0.3 is 9.64 Å². The quantitative estimate of drug-likeness (QED) is 0.698. The van der Waals surface area contributed by atoms with Gasteiger partial charge in [0, 0.05) is 26.2 Å². The molecule has 0 bridgehead atoms. The smallest absolute Gasteiger partial charge is 0.127 e. The van der Waals surface area contributed by atoms with Gasteiger partial charge in [0.1, 0.15) is 5.75 Å². The van der Waals surface area contributed by atoms with Crippen molar-refractivity contribution in [1.82, 2.24) is 0 Å². The Balaban J connectivity index is 2.71. The topological polar surface area (TPSA) is 12.5 Å². The highest BCUT2D eigenvalue weighted by molar-refractivity contribution is 5.47. The largest absolute Gasteiger partial charge is 0.462 e. The van der Waals surface area contributed by atoms with Gasteiger partial charge in [0.25, 0.3) is 0 Å². The molecule has 0 amide bonds. The van der Waals surface area contributed by atoms with Crippen molar-refractivity contribution < 1.29 is 4.74 Å². The molecule has 0 aliphatic heterocycles. The van der Waals surface area contributed by atoms with E-state index in [1.807, 2.05) is 26.2 Å². The van der Waals surface area contributed by atoms with Crippen molar-refractivity contribution in [1.29, 1.82) is 0 Å². The molecular formula is C14H21NO. The van der Waals surface area contributed by atoms with Crippen molar-refractivity contribution >= 4 is 5.69 Å². The molecule has 0 saturated heterocycles. The minimum atomic E-state index is 0.909. The van der Waals surface area contributed by atoms with Crippen LogP contribution in [0.5, 0.6) is 5.75 Å². The van der Waals surface area contributed by atoms with E-state index in [1.54, 1.807) is 0 Å². The SMILES string of the molecule is CC/C=C(\CC)Oc1ccc(N(C)C)cc1. The van der Waals surface area contributed by atoms with Crippen LogP contribution in [0, 0.1) is 0 Å². The van der Waals surface area contributed by atoms with Crippen LogP contribution < -0.4 is 9.64 Å². The molecule has 0 saturated carbocycles. The maximum Gasteiger partial charge on any atom is 0.127 e. The van der Waals surface area contributed by atoms with E-state index in [-0.39, 0.29) is 0 Å². The van der Waals surface area contributed by atoms with Crippen LogP contribution >= 0.6 is 0 Å². The molecule has 16 heavy (non-hydrogen) atoms. The summed E-state index contributed by atoms with van der Waals surface area (Å²) in [7, 11) is 4.06. The van der Waals surface area contributed by atoms with E-state index in [1.165, 1.54) is 5.69 Å². The van der Waals surface area contributed by atoms with Gasteiger partial charge in [-0.15, -0.1) is 0 Å². The van der Waals surface area contributed by atoms with Crippen molar-refractivity contribution in [3.63, 3.8) is 0 Å². The maximum absolute atomic E-state index is 5.78. The van der Waals surface area contributed by atoms with Gasteiger partial charge in [-0.25, -0.2) is 0 Å². The van der Waals surface area contributed by atoms with Crippen molar-refractivity contribution in [2.75, 3.05) is 19.0 Å². The van der Waals surface area contributed by atoms with Crippen LogP contribution in [-0.2, 0) is 0 Å². The first-order valence-electron chi connectivity index (χ1n) is 5.81. The maximum atomic E-state index is 5.78. The number of hydrogen-bond acceptors (Lipinski definition) is 2. The van der Waals surface area contributed by atoms with Crippen molar-refractivity contribution in [3.05, 3.63) is 36.1 Å². The fourth-order valence-corrected chi connectivity index (χ4v) is 1.45. The first-order valence-corrected chi connectivity index (χ1v) is 5.81. The van der Waals surface area contributed by atoms with Crippen molar-refractivity contribution in [3.8, 4) is 5.75 Å².